The Labute approximate surface area is 282 Å². The molecule has 3 aromatic carbocycles. The van der Waals surface area contributed by atoms with Crippen LogP contribution in [-0.2, 0) is 54.8 Å². The van der Waals surface area contributed by atoms with Crippen molar-refractivity contribution in [2.75, 3.05) is 6.61 Å². The van der Waals surface area contributed by atoms with Gasteiger partial charge in [0.15, 0.2) is 0 Å². The van der Waals surface area contributed by atoms with E-state index in [-0.39, 0.29) is 19.8 Å². The van der Waals surface area contributed by atoms with Crippen molar-refractivity contribution in [1.29, 1.82) is 5.41 Å². The van der Waals surface area contributed by atoms with Crippen LogP contribution in [0.3, 0.4) is 0 Å². The second-order valence-electron chi connectivity index (χ2n) is 10.4. The lowest BCUT2D eigenvalue weighted by Gasteiger charge is -2.45. The largest absolute Gasteiger partial charge is 0.445 e. The quantitative estimate of drug-likeness (QED) is 0.0819. The molecular formula is C34H34Cl3NO6S. The standard InChI is InChI=1S/C34H34Cl3NO6S/c35-34(36,37)33(38)44-32-31(42-22-27-17-10-18-45-27)30(41-21-26-15-8-3-9-16-26)29(40-20-25-13-6-2-7-14-25)28(43-32)23-39-19-24-11-4-1-5-12-24/h1-18,28-32,38H,19-23H2/t28-,29-,30+,31-,32?/m1/s1. The number of alkyl halides is 3. The Hall–Kier alpha value is -2.50. The highest BCUT2D eigenvalue weighted by Crippen LogP contribution is 2.35. The maximum absolute atomic E-state index is 8.35. The molecule has 1 saturated heterocycles. The van der Waals surface area contributed by atoms with Gasteiger partial charge in [0.25, 0.3) is 3.79 Å². The summed E-state index contributed by atoms with van der Waals surface area (Å²) in [6.07, 6.45) is -4.10. The second-order valence-corrected chi connectivity index (χ2v) is 13.7. The van der Waals surface area contributed by atoms with E-state index in [1.54, 1.807) is 11.3 Å². The number of ether oxygens (including phenoxy) is 6. The maximum atomic E-state index is 8.35. The minimum atomic E-state index is -2.11. The Balaban J connectivity index is 1.45. The Morgan fingerprint density at radius 2 is 1.20 bits per heavy atom. The zero-order valence-electron chi connectivity index (χ0n) is 24.3. The monoisotopic (exact) mass is 689 g/mol. The number of thiophene rings is 1. The molecule has 1 unspecified atom stereocenters. The molecule has 0 bridgehead atoms. The summed E-state index contributed by atoms with van der Waals surface area (Å²) < 4.78 is 36.0. The molecule has 11 heteroatoms. The van der Waals surface area contributed by atoms with Crippen LogP contribution < -0.4 is 0 Å². The number of benzene rings is 3. The average molecular weight is 691 g/mol. The summed E-state index contributed by atoms with van der Waals surface area (Å²) in [5.74, 6) is -0.600. The molecule has 0 aliphatic carbocycles. The number of hydrogen-bond donors (Lipinski definition) is 1. The summed E-state index contributed by atoms with van der Waals surface area (Å²) in [6, 6.07) is 33.4. The highest BCUT2D eigenvalue weighted by atomic mass is 35.6. The first-order valence-electron chi connectivity index (χ1n) is 14.4. The Bertz CT molecular complexity index is 1430. The van der Waals surface area contributed by atoms with Crippen molar-refractivity contribution in [1.82, 2.24) is 0 Å². The minimum absolute atomic E-state index is 0.137. The van der Waals surface area contributed by atoms with Gasteiger partial charge in [-0.3, -0.25) is 5.41 Å². The minimum Gasteiger partial charge on any atom is -0.445 e. The van der Waals surface area contributed by atoms with E-state index in [0.717, 1.165) is 21.6 Å². The van der Waals surface area contributed by atoms with E-state index in [1.807, 2.05) is 109 Å². The third-order valence-corrected chi connectivity index (χ3v) is 8.41. The summed E-state index contributed by atoms with van der Waals surface area (Å²) in [5, 5.41) is 10.3. The highest BCUT2D eigenvalue weighted by Gasteiger charge is 2.51. The van der Waals surface area contributed by atoms with E-state index >= 15 is 0 Å². The molecule has 1 aliphatic heterocycles. The molecule has 1 fully saturated rings. The van der Waals surface area contributed by atoms with Crippen LogP contribution in [0.4, 0.5) is 0 Å². The Kier molecular flexibility index (Phi) is 12.7. The molecule has 1 aromatic heterocycles. The topological polar surface area (TPSA) is 79.2 Å². The molecular weight excluding hydrogens is 657 g/mol. The molecule has 0 amide bonds. The van der Waals surface area contributed by atoms with Crippen LogP contribution in [0.5, 0.6) is 0 Å². The third kappa shape index (κ3) is 10.2. The summed E-state index contributed by atoms with van der Waals surface area (Å²) in [4.78, 5) is 0.988. The smallest absolute Gasteiger partial charge is 0.265 e. The predicted molar refractivity (Wildman–Crippen MR) is 177 cm³/mol. The molecule has 238 valence electrons. The van der Waals surface area contributed by atoms with Crippen molar-refractivity contribution in [3.63, 3.8) is 0 Å². The fourth-order valence-electron chi connectivity index (χ4n) is 4.83. The van der Waals surface area contributed by atoms with Crippen molar-refractivity contribution in [2.45, 2.75) is 60.9 Å². The molecule has 0 spiro atoms. The van der Waals surface area contributed by atoms with E-state index in [9.17, 15) is 0 Å². The van der Waals surface area contributed by atoms with Crippen LogP contribution in [0.25, 0.3) is 0 Å². The normalized spacial score (nSPS) is 21.8. The van der Waals surface area contributed by atoms with Crippen molar-refractivity contribution in [2.24, 2.45) is 0 Å². The van der Waals surface area contributed by atoms with E-state index in [0.29, 0.717) is 13.2 Å². The van der Waals surface area contributed by atoms with E-state index < -0.39 is 40.4 Å². The first kappa shape index (κ1) is 33.9. The van der Waals surface area contributed by atoms with Crippen LogP contribution in [0, 0.1) is 5.41 Å². The van der Waals surface area contributed by atoms with Crippen LogP contribution in [-0.4, -0.2) is 47.0 Å². The molecule has 5 rings (SSSR count). The van der Waals surface area contributed by atoms with Gasteiger partial charge in [-0.25, -0.2) is 0 Å². The molecule has 5 atom stereocenters. The van der Waals surface area contributed by atoms with E-state index in [2.05, 4.69) is 0 Å². The molecule has 7 nitrogen and oxygen atoms in total. The average Bonchev–Trinajstić information content (AvgIpc) is 3.57. The molecule has 0 radical (unpaired) electrons. The molecule has 2 heterocycles. The predicted octanol–water partition coefficient (Wildman–Crippen LogP) is 8.11. The third-order valence-electron chi connectivity index (χ3n) is 7.05. The Morgan fingerprint density at radius 3 is 1.73 bits per heavy atom. The molecule has 1 aliphatic rings. The van der Waals surface area contributed by atoms with Crippen molar-refractivity contribution in [3.8, 4) is 0 Å². The van der Waals surface area contributed by atoms with Crippen LogP contribution in [0.15, 0.2) is 109 Å². The lowest BCUT2D eigenvalue weighted by molar-refractivity contribution is -0.313. The summed E-state index contributed by atoms with van der Waals surface area (Å²) in [7, 11) is 0. The number of halogens is 3. The molecule has 1 N–H and O–H groups in total. The SMILES string of the molecule is N=C(OC1O[C@H](COCc2ccccc2)[C@@H](OCc2ccccc2)[C@H](OCc2ccccc2)[C@H]1OCc1cccs1)C(Cl)(Cl)Cl. The van der Waals surface area contributed by atoms with Gasteiger partial charge in [0, 0.05) is 4.88 Å². The first-order valence-corrected chi connectivity index (χ1v) is 16.4. The van der Waals surface area contributed by atoms with Crippen molar-refractivity contribution in [3.05, 3.63) is 130 Å². The zero-order valence-corrected chi connectivity index (χ0v) is 27.4. The highest BCUT2D eigenvalue weighted by molar-refractivity contribution is 7.09. The van der Waals surface area contributed by atoms with Crippen molar-refractivity contribution >= 4 is 52.0 Å². The van der Waals surface area contributed by atoms with Gasteiger partial charge in [0.2, 0.25) is 12.2 Å². The van der Waals surface area contributed by atoms with Gasteiger partial charge >= 0.3 is 0 Å². The van der Waals surface area contributed by atoms with Gasteiger partial charge in [0.1, 0.15) is 24.4 Å². The number of nitrogens with one attached hydrogen (secondary N) is 1. The van der Waals surface area contributed by atoms with E-state index in [1.165, 1.54) is 0 Å². The molecule has 0 saturated carbocycles. The van der Waals surface area contributed by atoms with Gasteiger partial charge in [-0.2, -0.15) is 0 Å². The fraction of sp³-hybridized carbons (Fsp3) is 0.324. The summed E-state index contributed by atoms with van der Waals surface area (Å²) in [6.45, 7) is 1.30. The van der Waals surface area contributed by atoms with Gasteiger partial charge in [0.05, 0.1) is 33.0 Å². The Morgan fingerprint density at radius 1 is 0.667 bits per heavy atom. The summed E-state index contributed by atoms with van der Waals surface area (Å²) in [5.41, 5.74) is 2.96. The second kappa shape index (κ2) is 16.9. The lowest BCUT2D eigenvalue weighted by Crippen LogP contribution is -2.62. The molecule has 4 aromatic rings. The van der Waals surface area contributed by atoms with Gasteiger partial charge in [-0.15, -0.1) is 11.3 Å². The van der Waals surface area contributed by atoms with Crippen LogP contribution in [0.1, 0.15) is 21.6 Å². The van der Waals surface area contributed by atoms with Gasteiger partial charge in [-0.1, -0.05) is 132 Å². The molecule has 45 heavy (non-hydrogen) atoms. The number of rotatable bonds is 14. The first-order chi connectivity index (χ1) is 21.9. The lowest BCUT2D eigenvalue weighted by atomic mass is 9.97. The maximum Gasteiger partial charge on any atom is 0.265 e. The fourth-order valence-corrected chi connectivity index (χ4v) is 5.59. The zero-order chi connectivity index (χ0) is 31.5. The van der Waals surface area contributed by atoms with Gasteiger partial charge in [-0.05, 0) is 28.1 Å². The van der Waals surface area contributed by atoms with Crippen LogP contribution in [0.2, 0.25) is 0 Å². The van der Waals surface area contributed by atoms with E-state index in [4.69, 9.17) is 68.6 Å². The summed E-state index contributed by atoms with van der Waals surface area (Å²) >= 11 is 19.6. The van der Waals surface area contributed by atoms with Crippen LogP contribution >= 0.6 is 46.1 Å². The van der Waals surface area contributed by atoms with Crippen molar-refractivity contribution < 1.29 is 28.4 Å². The van der Waals surface area contributed by atoms with Gasteiger partial charge < -0.3 is 28.4 Å². The number of hydrogen-bond acceptors (Lipinski definition) is 8.